The van der Waals surface area contributed by atoms with Crippen LogP contribution in [0.1, 0.15) is 26.3 Å². The molecule has 21 heavy (non-hydrogen) atoms. The van der Waals surface area contributed by atoms with Crippen LogP contribution in [0.3, 0.4) is 0 Å². The van der Waals surface area contributed by atoms with Crippen molar-refractivity contribution in [2.24, 2.45) is 0 Å². The number of benzene rings is 2. The number of halogens is 1. The molecule has 0 heterocycles. The highest BCUT2D eigenvalue weighted by molar-refractivity contribution is 6.17. The summed E-state index contributed by atoms with van der Waals surface area (Å²) in [5.41, 5.74) is 2.44. The molecule has 108 valence electrons. The molecule has 0 aliphatic heterocycles. The monoisotopic (exact) mass is 303 g/mol. The first kappa shape index (κ1) is 15.1. The lowest BCUT2D eigenvalue weighted by Crippen LogP contribution is -2.12. The number of esters is 1. The molecule has 0 bridgehead atoms. The molecule has 0 aromatic heterocycles. The molecule has 0 spiro atoms. The Morgan fingerprint density at radius 2 is 1.81 bits per heavy atom. The van der Waals surface area contributed by atoms with Crippen LogP contribution in [0.15, 0.2) is 48.5 Å². The van der Waals surface area contributed by atoms with Crippen molar-refractivity contribution in [1.29, 1.82) is 0 Å². The van der Waals surface area contributed by atoms with E-state index in [1.807, 2.05) is 6.07 Å². The van der Waals surface area contributed by atoms with Gasteiger partial charge in [-0.25, -0.2) is 4.79 Å². The number of rotatable bonds is 4. The topological polar surface area (TPSA) is 55.4 Å². The van der Waals surface area contributed by atoms with Gasteiger partial charge in [0, 0.05) is 17.1 Å². The Labute approximate surface area is 127 Å². The Morgan fingerprint density at radius 3 is 2.43 bits per heavy atom. The van der Waals surface area contributed by atoms with E-state index in [0.29, 0.717) is 22.7 Å². The van der Waals surface area contributed by atoms with Crippen molar-refractivity contribution >= 4 is 29.2 Å². The fraction of sp³-hybridized carbons (Fsp3) is 0.125. The van der Waals surface area contributed by atoms with E-state index >= 15 is 0 Å². The van der Waals surface area contributed by atoms with Crippen molar-refractivity contribution < 1.29 is 14.3 Å². The van der Waals surface area contributed by atoms with Crippen molar-refractivity contribution in [3.8, 4) is 0 Å². The second-order valence-electron chi connectivity index (χ2n) is 4.36. The van der Waals surface area contributed by atoms with Crippen LogP contribution in [0.2, 0.25) is 0 Å². The third kappa shape index (κ3) is 3.83. The summed E-state index contributed by atoms with van der Waals surface area (Å²) in [6, 6.07) is 13.6. The second kappa shape index (κ2) is 6.90. The molecule has 0 saturated heterocycles. The standard InChI is InChI=1S/C16H14ClNO3/c1-21-16(20)12-5-7-14(8-6-12)18-15(19)13-4-2-3-11(9-13)10-17/h2-9H,10H2,1H3,(H,18,19). The summed E-state index contributed by atoms with van der Waals surface area (Å²) in [6.07, 6.45) is 0. The largest absolute Gasteiger partial charge is 0.465 e. The van der Waals surface area contributed by atoms with Gasteiger partial charge in [0.05, 0.1) is 12.7 Å². The van der Waals surface area contributed by atoms with Gasteiger partial charge in [-0.05, 0) is 42.0 Å². The molecule has 0 unspecified atom stereocenters. The van der Waals surface area contributed by atoms with Crippen LogP contribution >= 0.6 is 11.6 Å². The number of amides is 1. The molecule has 0 saturated carbocycles. The van der Waals surface area contributed by atoms with E-state index in [1.165, 1.54) is 7.11 Å². The predicted molar refractivity (Wildman–Crippen MR) is 81.7 cm³/mol. The summed E-state index contributed by atoms with van der Waals surface area (Å²) < 4.78 is 4.61. The molecule has 4 nitrogen and oxygen atoms in total. The summed E-state index contributed by atoms with van der Waals surface area (Å²) >= 11 is 5.75. The molecule has 0 aliphatic carbocycles. The number of nitrogens with one attached hydrogen (secondary N) is 1. The highest BCUT2D eigenvalue weighted by Crippen LogP contribution is 2.13. The average molecular weight is 304 g/mol. The average Bonchev–Trinajstić information content (AvgIpc) is 2.54. The fourth-order valence-electron chi connectivity index (χ4n) is 1.81. The first-order valence-corrected chi connectivity index (χ1v) is 6.82. The van der Waals surface area contributed by atoms with Crippen molar-refractivity contribution in [1.82, 2.24) is 0 Å². The van der Waals surface area contributed by atoms with Gasteiger partial charge in [-0.15, -0.1) is 11.6 Å². The van der Waals surface area contributed by atoms with Gasteiger partial charge in [0.25, 0.3) is 5.91 Å². The lowest BCUT2D eigenvalue weighted by molar-refractivity contribution is 0.0600. The van der Waals surface area contributed by atoms with E-state index in [1.54, 1.807) is 42.5 Å². The van der Waals surface area contributed by atoms with Crippen LogP contribution in [0.4, 0.5) is 5.69 Å². The molecular formula is C16H14ClNO3. The summed E-state index contributed by atoms with van der Waals surface area (Å²) in [5.74, 6) is -0.287. The van der Waals surface area contributed by atoms with Crippen molar-refractivity contribution in [2.45, 2.75) is 5.88 Å². The lowest BCUT2D eigenvalue weighted by atomic mass is 10.1. The Balaban J connectivity index is 2.10. The van der Waals surface area contributed by atoms with Gasteiger partial charge < -0.3 is 10.1 Å². The van der Waals surface area contributed by atoms with E-state index in [-0.39, 0.29) is 5.91 Å². The Bertz CT molecular complexity index is 653. The molecule has 0 aliphatic rings. The van der Waals surface area contributed by atoms with Crippen LogP contribution in [-0.2, 0) is 10.6 Å². The Hall–Kier alpha value is -2.33. The van der Waals surface area contributed by atoms with Crippen LogP contribution in [0.5, 0.6) is 0 Å². The minimum absolute atomic E-state index is 0.229. The molecule has 2 aromatic carbocycles. The highest BCUT2D eigenvalue weighted by Gasteiger charge is 2.08. The molecule has 2 aromatic rings. The van der Waals surface area contributed by atoms with Crippen LogP contribution in [0, 0.1) is 0 Å². The van der Waals surface area contributed by atoms with Gasteiger partial charge in [-0.2, -0.15) is 0 Å². The molecule has 2 rings (SSSR count). The highest BCUT2D eigenvalue weighted by atomic mass is 35.5. The molecule has 0 atom stereocenters. The quantitative estimate of drug-likeness (QED) is 0.695. The number of anilines is 1. The third-order valence-corrected chi connectivity index (χ3v) is 3.22. The summed E-state index contributed by atoms with van der Waals surface area (Å²) in [5, 5.41) is 2.76. The Morgan fingerprint density at radius 1 is 1.10 bits per heavy atom. The number of ether oxygens (including phenoxy) is 1. The van der Waals surface area contributed by atoms with Gasteiger partial charge in [0.1, 0.15) is 0 Å². The predicted octanol–water partition coefficient (Wildman–Crippen LogP) is 3.46. The SMILES string of the molecule is COC(=O)c1ccc(NC(=O)c2cccc(CCl)c2)cc1. The first-order chi connectivity index (χ1) is 10.1. The van der Waals surface area contributed by atoms with E-state index in [9.17, 15) is 9.59 Å². The van der Waals surface area contributed by atoms with Gasteiger partial charge in [-0.3, -0.25) is 4.79 Å². The van der Waals surface area contributed by atoms with Crippen LogP contribution < -0.4 is 5.32 Å². The van der Waals surface area contributed by atoms with Crippen LogP contribution in [0.25, 0.3) is 0 Å². The van der Waals surface area contributed by atoms with E-state index in [0.717, 1.165) is 5.56 Å². The maximum atomic E-state index is 12.1. The summed E-state index contributed by atoms with van der Waals surface area (Å²) in [6.45, 7) is 0. The maximum Gasteiger partial charge on any atom is 0.337 e. The number of alkyl halides is 1. The van der Waals surface area contributed by atoms with Gasteiger partial charge in [0.15, 0.2) is 0 Å². The zero-order chi connectivity index (χ0) is 15.2. The number of carbonyl (C=O) groups excluding carboxylic acids is 2. The third-order valence-electron chi connectivity index (χ3n) is 2.91. The van der Waals surface area contributed by atoms with Crippen molar-refractivity contribution in [3.63, 3.8) is 0 Å². The zero-order valence-corrected chi connectivity index (χ0v) is 12.2. The van der Waals surface area contributed by atoms with Crippen molar-refractivity contribution in [2.75, 3.05) is 12.4 Å². The van der Waals surface area contributed by atoms with E-state index in [4.69, 9.17) is 11.6 Å². The maximum absolute atomic E-state index is 12.1. The van der Waals surface area contributed by atoms with E-state index < -0.39 is 5.97 Å². The minimum atomic E-state index is -0.414. The molecule has 1 amide bonds. The van der Waals surface area contributed by atoms with Gasteiger partial charge in [0.2, 0.25) is 0 Å². The smallest absolute Gasteiger partial charge is 0.337 e. The van der Waals surface area contributed by atoms with Crippen molar-refractivity contribution in [3.05, 3.63) is 65.2 Å². The van der Waals surface area contributed by atoms with Crippen LogP contribution in [-0.4, -0.2) is 19.0 Å². The first-order valence-electron chi connectivity index (χ1n) is 6.28. The van der Waals surface area contributed by atoms with Gasteiger partial charge in [-0.1, -0.05) is 12.1 Å². The Kier molecular flexibility index (Phi) is 4.95. The fourth-order valence-corrected chi connectivity index (χ4v) is 1.97. The molecule has 5 heteroatoms. The minimum Gasteiger partial charge on any atom is -0.465 e. The number of carbonyl (C=O) groups is 2. The summed E-state index contributed by atoms with van der Waals surface area (Å²) in [4.78, 5) is 23.4. The number of hydrogen-bond acceptors (Lipinski definition) is 3. The molecular weight excluding hydrogens is 290 g/mol. The normalized spacial score (nSPS) is 10.0. The molecule has 0 fully saturated rings. The second-order valence-corrected chi connectivity index (χ2v) is 4.62. The summed E-state index contributed by atoms with van der Waals surface area (Å²) in [7, 11) is 1.32. The molecule has 1 N–H and O–H groups in total. The van der Waals surface area contributed by atoms with Gasteiger partial charge >= 0.3 is 5.97 Å². The number of hydrogen-bond donors (Lipinski definition) is 1. The molecule has 0 radical (unpaired) electrons. The zero-order valence-electron chi connectivity index (χ0n) is 11.4. The van der Waals surface area contributed by atoms with E-state index in [2.05, 4.69) is 10.1 Å². The number of methoxy groups -OCH3 is 1. The lowest BCUT2D eigenvalue weighted by Gasteiger charge is -2.07.